The zero-order chi connectivity index (χ0) is 11.3. The van der Waals surface area contributed by atoms with Crippen LogP contribution in [0.15, 0.2) is 18.3 Å². The molecule has 0 aromatic carbocycles. The van der Waals surface area contributed by atoms with Crippen molar-refractivity contribution in [1.29, 1.82) is 0 Å². The summed E-state index contributed by atoms with van der Waals surface area (Å²) < 4.78 is 25.3. The van der Waals surface area contributed by atoms with Gasteiger partial charge in [-0.3, -0.25) is 9.71 Å². The molecule has 1 aromatic rings. The maximum absolute atomic E-state index is 11.4. The highest BCUT2D eigenvalue weighted by Gasteiger charge is 2.09. The third-order valence-corrected chi connectivity index (χ3v) is 3.17. The molecule has 0 aliphatic rings. The van der Waals surface area contributed by atoms with Crippen LogP contribution in [0.5, 0.6) is 0 Å². The van der Waals surface area contributed by atoms with Gasteiger partial charge in [0.2, 0.25) is 10.0 Å². The van der Waals surface area contributed by atoms with Crippen LogP contribution in [0.3, 0.4) is 0 Å². The molecule has 0 saturated heterocycles. The van der Waals surface area contributed by atoms with Crippen molar-refractivity contribution in [2.75, 3.05) is 17.0 Å². The highest BCUT2D eigenvalue weighted by atomic mass is 32.2. The minimum Gasteiger partial charge on any atom is -0.330 e. The van der Waals surface area contributed by atoms with Gasteiger partial charge in [0.05, 0.1) is 17.6 Å². The first-order valence-corrected chi connectivity index (χ1v) is 6.32. The van der Waals surface area contributed by atoms with Gasteiger partial charge in [0, 0.05) is 5.69 Å². The van der Waals surface area contributed by atoms with E-state index in [2.05, 4.69) is 9.71 Å². The molecule has 1 rings (SSSR count). The standard InChI is InChI=1S/C9H15N3O2S/c1-8-3-4-9(7-11-8)12-15(13,14)6-2-5-10/h3-4,7,12H,2,5-6,10H2,1H3. The third-order valence-electron chi connectivity index (χ3n) is 1.80. The lowest BCUT2D eigenvalue weighted by Crippen LogP contribution is -2.19. The molecule has 84 valence electrons. The Hall–Kier alpha value is -1.14. The van der Waals surface area contributed by atoms with Crippen molar-refractivity contribution in [3.05, 3.63) is 24.0 Å². The maximum atomic E-state index is 11.4. The van der Waals surface area contributed by atoms with Crippen LogP contribution in [0.1, 0.15) is 12.1 Å². The number of pyridine rings is 1. The zero-order valence-corrected chi connectivity index (χ0v) is 9.42. The Balaban J connectivity index is 2.65. The van der Waals surface area contributed by atoms with Crippen LogP contribution in [0.25, 0.3) is 0 Å². The third kappa shape index (κ3) is 4.26. The second-order valence-electron chi connectivity index (χ2n) is 3.25. The summed E-state index contributed by atoms with van der Waals surface area (Å²) in [7, 11) is -3.28. The number of nitrogens with two attached hydrogens (primary N) is 1. The average Bonchev–Trinajstić information content (AvgIpc) is 2.18. The maximum Gasteiger partial charge on any atom is 0.232 e. The summed E-state index contributed by atoms with van der Waals surface area (Å²) in [6, 6.07) is 3.43. The highest BCUT2D eigenvalue weighted by molar-refractivity contribution is 7.92. The van der Waals surface area contributed by atoms with Gasteiger partial charge in [-0.25, -0.2) is 8.42 Å². The van der Waals surface area contributed by atoms with E-state index in [9.17, 15) is 8.42 Å². The van der Waals surface area contributed by atoms with E-state index in [0.29, 0.717) is 18.7 Å². The number of anilines is 1. The predicted molar refractivity (Wildman–Crippen MR) is 60.1 cm³/mol. The highest BCUT2D eigenvalue weighted by Crippen LogP contribution is 2.08. The topological polar surface area (TPSA) is 85.1 Å². The summed E-state index contributed by atoms with van der Waals surface area (Å²) in [6.07, 6.45) is 1.95. The molecule has 0 amide bonds. The lowest BCUT2D eigenvalue weighted by atomic mass is 10.4. The molecule has 1 aromatic heterocycles. The number of hydrogen-bond acceptors (Lipinski definition) is 4. The normalized spacial score (nSPS) is 11.3. The Morgan fingerprint density at radius 2 is 2.20 bits per heavy atom. The fourth-order valence-electron chi connectivity index (χ4n) is 1.03. The van der Waals surface area contributed by atoms with Gasteiger partial charge in [0.25, 0.3) is 0 Å². The molecule has 0 saturated carbocycles. The summed E-state index contributed by atoms with van der Waals surface area (Å²) >= 11 is 0. The van der Waals surface area contributed by atoms with E-state index >= 15 is 0 Å². The SMILES string of the molecule is Cc1ccc(NS(=O)(=O)CCCN)cn1. The van der Waals surface area contributed by atoms with Gasteiger partial charge in [0.15, 0.2) is 0 Å². The van der Waals surface area contributed by atoms with Gasteiger partial charge in [-0.1, -0.05) is 0 Å². The number of aryl methyl sites for hydroxylation is 1. The molecule has 0 aliphatic carbocycles. The zero-order valence-electron chi connectivity index (χ0n) is 8.60. The molecule has 0 aliphatic heterocycles. The Bertz CT molecular complexity index is 400. The monoisotopic (exact) mass is 229 g/mol. The Morgan fingerprint density at radius 3 is 2.73 bits per heavy atom. The predicted octanol–water partition coefficient (Wildman–Crippen LogP) is 0.481. The van der Waals surface area contributed by atoms with E-state index in [1.807, 2.05) is 6.92 Å². The minimum absolute atomic E-state index is 0.0391. The van der Waals surface area contributed by atoms with Crippen LogP contribution >= 0.6 is 0 Å². The van der Waals surface area contributed by atoms with E-state index < -0.39 is 10.0 Å². The van der Waals surface area contributed by atoms with Crippen LogP contribution in [0, 0.1) is 6.92 Å². The molecule has 6 heteroatoms. The van der Waals surface area contributed by atoms with Crippen molar-refractivity contribution in [1.82, 2.24) is 4.98 Å². The smallest absolute Gasteiger partial charge is 0.232 e. The minimum atomic E-state index is -3.28. The fourth-order valence-corrected chi connectivity index (χ4v) is 2.16. The van der Waals surface area contributed by atoms with Crippen molar-refractivity contribution in [2.45, 2.75) is 13.3 Å². The Kier molecular flexibility index (Phi) is 4.05. The Labute approximate surface area is 89.8 Å². The first kappa shape index (κ1) is 11.9. The molecule has 1 heterocycles. The molecular weight excluding hydrogens is 214 g/mol. The second kappa shape index (κ2) is 5.09. The van der Waals surface area contributed by atoms with Gasteiger partial charge in [0.1, 0.15) is 0 Å². The van der Waals surface area contributed by atoms with Crippen molar-refractivity contribution in [3.8, 4) is 0 Å². The number of rotatable bonds is 5. The van der Waals surface area contributed by atoms with Crippen molar-refractivity contribution < 1.29 is 8.42 Å². The molecule has 0 spiro atoms. The van der Waals surface area contributed by atoms with E-state index in [4.69, 9.17) is 5.73 Å². The lowest BCUT2D eigenvalue weighted by Gasteiger charge is -2.06. The number of aromatic nitrogens is 1. The second-order valence-corrected chi connectivity index (χ2v) is 5.09. The largest absolute Gasteiger partial charge is 0.330 e. The van der Waals surface area contributed by atoms with Crippen LogP contribution in [-0.2, 0) is 10.0 Å². The first-order chi connectivity index (χ1) is 7.03. The average molecular weight is 229 g/mol. The number of nitrogens with zero attached hydrogens (tertiary/aromatic N) is 1. The summed E-state index contributed by atoms with van der Waals surface area (Å²) in [5.74, 6) is 0.0391. The summed E-state index contributed by atoms with van der Waals surface area (Å²) in [6.45, 7) is 2.21. The van der Waals surface area contributed by atoms with Crippen LogP contribution in [0.4, 0.5) is 5.69 Å². The number of nitrogens with one attached hydrogen (secondary N) is 1. The molecule has 3 N–H and O–H groups in total. The number of sulfonamides is 1. The van der Waals surface area contributed by atoms with Crippen molar-refractivity contribution >= 4 is 15.7 Å². The summed E-state index contributed by atoms with van der Waals surface area (Å²) in [5.41, 5.74) is 6.58. The van der Waals surface area contributed by atoms with Crippen LogP contribution in [0.2, 0.25) is 0 Å². The molecule has 0 atom stereocenters. The molecule has 0 bridgehead atoms. The molecule has 0 unspecified atom stereocenters. The molecule has 0 radical (unpaired) electrons. The van der Waals surface area contributed by atoms with E-state index in [0.717, 1.165) is 5.69 Å². The Morgan fingerprint density at radius 1 is 1.47 bits per heavy atom. The molecular formula is C9H15N3O2S. The fraction of sp³-hybridized carbons (Fsp3) is 0.444. The van der Waals surface area contributed by atoms with Crippen LogP contribution in [-0.4, -0.2) is 25.7 Å². The van der Waals surface area contributed by atoms with Crippen molar-refractivity contribution in [2.24, 2.45) is 5.73 Å². The quantitative estimate of drug-likeness (QED) is 0.769. The lowest BCUT2D eigenvalue weighted by molar-refractivity contribution is 0.598. The summed E-state index contributed by atoms with van der Waals surface area (Å²) in [5, 5.41) is 0. The van der Waals surface area contributed by atoms with Gasteiger partial charge in [-0.15, -0.1) is 0 Å². The number of hydrogen-bond donors (Lipinski definition) is 2. The van der Waals surface area contributed by atoms with E-state index in [1.165, 1.54) is 6.20 Å². The van der Waals surface area contributed by atoms with Gasteiger partial charge in [-0.2, -0.15) is 0 Å². The van der Waals surface area contributed by atoms with E-state index in [-0.39, 0.29) is 5.75 Å². The van der Waals surface area contributed by atoms with Crippen molar-refractivity contribution in [3.63, 3.8) is 0 Å². The molecule has 0 fully saturated rings. The molecule has 5 nitrogen and oxygen atoms in total. The van der Waals surface area contributed by atoms with Crippen LogP contribution < -0.4 is 10.5 Å². The van der Waals surface area contributed by atoms with Gasteiger partial charge in [-0.05, 0) is 32.0 Å². The summed E-state index contributed by atoms with van der Waals surface area (Å²) in [4.78, 5) is 3.99. The van der Waals surface area contributed by atoms with Gasteiger partial charge < -0.3 is 5.73 Å². The first-order valence-electron chi connectivity index (χ1n) is 4.67. The van der Waals surface area contributed by atoms with Gasteiger partial charge >= 0.3 is 0 Å². The molecule has 15 heavy (non-hydrogen) atoms. The van der Waals surface area contributed by atoms with E-state index in [1.54, 1.807) is 12.1 Å².